The maximum Gasteiger partial charge on any atom is 0.148 e. The first-order valence-corrected chi connectivity index (χ1v) is 5.83. The van der Waals surface area contributed by atoms with Gasteiger partial charge in [-0.3, -0.25) is 0 Å². The number of hydrogen-bond donors (Lipinski definition) is 1. The fourth-order valence-electron chi connectivity index (χ4n) is 1.32. The van der Waals surface area contributed by atoms with E-state index in [2.05, 4.69) is 32.3 Å². The SMILES string of the molecule is Cc1cnnc(NCCc2ccsc2)c1. The topological polar surface area (TPSA) is 37.8 Å². The van der Waals surface area contributed by atoms with Crippen LogP contribution in [-0.4, -0.2) is 16.7 Å². The van der Waals surface area contributed by atoms with Crippen molar-refractivity contribution in [3.05, 3.63) is 40.2 Å². The van der Waals surface area contributed by atoms with E-state index in [1.165, 1.54) is 5.56 Å². The molecule has 0 fully saturated rings. The fraction of sp³-hybridized carbons (Fsp3) is 0.273. The average Bonchev–Trinajstić information content (AvgIpc) is 2.71. The molecule has 2 rings (SSSR count). The van der Waals surface area contributed by atoms with Crippen molar-refractivity contribution in [2.24, 2.45) is 0 Å². The molecule has 1 N–H and O–H groups in total. The molecule has 15 heavy (non-hydrogen) atoms. The van der Waals surface area contributed by atoms with E-state index in [4.69, 9.17) is 0 Å². The van der Waals surface area contributed by atoms with E-state index in [1.54, 1.807) is 17.5 Å². The first-order valence-electron chi connectivity index (χ1n) is 4.89. The van der Waals surface area contributed by atoms with E-state index in [9.17, 15) is 0 Å². The predicted molar refractivity (Wildman–Crippen MR) is 63.3 cm³/mol. The largest absolute Gasteiger partial charge is 0.368 e. The van der Waals surface area contributed by atoms with Gasteiger partial charge in [-0.2, -0.15) is 16.4 Å². The Labute approximate surface area is 93.2 Å². The second-order valence-corrected chi connectivity index (χ2v) is 4.21. The van der Waals surface area contributed by atoms with Crippen molar-refractivity contribution in [2.75, 3.05) is 11.9 Å². The molecule has 0 bridgehead atoms. The Balaban J connectivity index is 1.83. The minimum atomic E-state index is 0.852. The van der Waals surface area contributed by atoms with E-state index in [0.717, 1.165) is 24.3 Å². The van der Waals surface area contributed by atoms with Crippen LogP contribution in [0.2, 0.25) is 0 Å². The second-order valence-electron chi connectivity index (χ2n) is 3.43. The third-order valence-corrected chi connectivity index (χ3v) is 2.82. The third kappa shape index (κ3) is 3.02. The molecule has 0 aliphatic heterocycles. The van der Waals surface area contributed by atoms with Crippen LogP contribution in [0.25, 0.3) is 0 Å². The van der Waals surface area contributed by atoms with Gasteiger partial charge in [0.1, 0.15) is 5.82 Å². The van der Waals surface area contributed by atoms with Crippen molar-refractivity contribution in [3.8, 4) is 0 Å². The number of rotatable bonds is 4. The van der Waals surface area contributed by atoms with Crippen molar-refractivity contribution in [3.63, 3.8) is 0 Å². The quantitative estimate of drug-likeness (QED) is 0.858. The first kappa shape index (κ1) is 10.1. The lowest BCUT2D eigenvalue weighted by Crippen LogP contribution is -2.06. The highest BCUT2D eigenvalue weighted by Crippen LogP contribution is 2.07. The van der Waals surface area contributed by atoms with E-state index >= 15 is 0 Å². The van der Waals surface area contributed by atoms with Crippen LogP contribution in [0, 0.1) is 6.92 Å². The van der Waals surface area contributed by atoms with Gasteiger partial charge >= 0.3 is 0 Å². The van der Waals surface area contributed by atoms with Crippen LogP contribution >= 0.6 is 11.3 Å². The maximum atomic E-state index is 4.00. The van der Waals surface area contributed by atoms with Gasteiger partial charge in [0, 0.05) is 6.54 Å². The molecule has 0 saturated heterocycles. The Morgan fingerprint density at radius 2 is 2.40 bits per heavy atom. The Morgan fingerprint density at radius 3 is 3.13 bits per heavy atom. The number of aromatic nitrogens is 2. The van der Waals surface area contributed by atoms with Gasteiger partial charge in [0.15, 0.2) is 0 Å². The summed E-state index contributed by atoms with van der Waals surface area (Å²) in [5, 5.41) is 15.4. The van der Waals surface area contributed by atoms with Gasteiger partial charge in [0.2, 0.25) is 0 Å². The lowest BCUT2D eigenvalue weighted by Gasteiger charge is -2.03. The lowest BCUT2D eigenvalue weighted by molar-refractivity contribution is 0.962. The van der Waals surface area contributed by atoms with E-state index in [-0.39, 0.29) is 0 Å². The molecule has 0 saturated carbocycles. The molecule has 0 aromatic carbocycles. The van der Waals surface area contributed by atoms with Gasteiger partial charge in [0.05, 0.1) is 6.20 Å². The highest BCUT2D eigenvalue weighted by molar-refractivity contribution is 7.07. The van der Waals surface area contributed by atoms with Crippen LogP contribution in [0.1, 0.15) is 11.1 Å². The number of aryl methyl sites for hydroxylation is 1. The molecule has 0 radical (unpaired) electrons. The number of anilines is 1. The molecule has 0 aliphatic rings. The second kappa shape index (κ2) is 4.89. The summed E-state index contributed by atoms with van der Waals surface area (Å²) in [6.45, 7) is 2.91. The minimum absolute atomic E-state index is 0.852. The van der Waals surface area contributed by atoms with E-state index < -0.39 is 0 Å². The normalized spacial score (nSPS) is 10.2. The molecule has 0 unspecified atom stereocenters. The molecule has 3 nitrogen and oxygen atoms in total. The van der Waals surface area contributed by atoms with Gasteiger partial charge in [-0.15, -0.1) is 5.10 Å². The van der Waals surface area contributed by atoms with E-state index in [1.807, 2.05) is 13.0 Å². The van der Waals surface area contributed by atoms with Crippen molar-refractivity contribution >= 4 is 17.2 Å². The van der Waals surface area contributed by atoms with Gasteiger partial charge in [-0.05, 0) is 47.4 Å². The zero-order valence-electron chi connectivity index (χ0n) is 8.60. The summed E-state index contributed by atoms with van der Waals surface area (Å²) in [4.78, 5) is 0. The zero-order chi connectivity index (χ0) is 10.5. The van der Waals surface area contributed by atoms with Crippen molar-refractivity contribution < 1.29 is 0 Å². The van der Waals surface area contributed by atoms with Gasteiger partial charge < -0.3 is 5.32 Å². The number of nitrogens with zero attached hydrogens (tertiary/aromatic N) is 2. The van der Waals surface area contributed by atoms with Crippen molar-refractivity contribution in [2.45, 2.75) is 13.3 Å². The standard InChI is InChI=1S/C11H13N3S/c1-9-6-11(14-13-7-9)12-4-2-10-3-5-15-8-10/h3,5-8H,2,4H2,1H3,(H,12,14). The summed E-state index contributed by atoms with van der Waals surface area (Å²) in [7, 11) is 0. The smallest absolute Gasteiger partial charge is 0.148 e. The van der Waals surface area contributed by atoms with Crippen LogP contribution in [0.3, 0.4) is 0 Å². The van der Waals surface area contributed by atoms with Crippen LogP contribution in [-0.2, 0) is 6.42 Å². The maximum absolute atomic E-state index is 4.00. The van der Waals surface area contributed by atoms with Crippen molar-refractivity contribution in [1.29, 1.82) is 0 Å². The minimum Gasteiger partial charge on any atom is -0.368 e. The molecule has 0 amide bonds. The lowest BCUT2D eigenvalue weighted by atomic mass is 10.2. The molecular formula is C11H13N3S. The van der Waals surface area contributed by atoms with Crippen LogP contribution in [0.15, 0.2) is 29.1 Å². The van der Waals surface area contributed by atoms with Crippen LogP contribution in [0.5, 0.6) is 0 Å². The predicted octanol–water partition coefficient (Wildman–Crippen LogP) is 2.50. The molecule has 0 spiro atoms. The molecule has 4 heteroatoms. The molecule has 0 atom stereocenters. The molecule has 2 aromatic rings. The Bertz CT molecular complexity index is 412. The number of thiophene rings is 1. The molecule has 78 valence electrons. The van der Waals surface area contributed by atoms with Gasteiger partial charge in [-0.1, -0.05) is 0 Å². The average molecular weight is 219 g/mol. The van der Waals surface area contributed by atoms with Gasteiger partial charge in [-0.25, -0.2) is 0 Å². The van der Waals surface area contributed by atoms with Crippen LogP contribution < -0.4 is 5.32 Å². The van der Waals surface area contributed by atoms with Crippen molar-refractivity contribution in [1.82, 2.24) is 10.2 Å². The Hall–Kier alpha value is -1.42. The summed E-state index contributed by atoms with van der Waals surface area (Å²) < 4.78 is 0. The van der Waals surface area contributed by atoms with Crippen LogP contribution in [0.4, 0.5) is 5.82 Å². The van der Waals surface area contributed by atoms with E-state index in [0.29, 0.717) is 0 Å². The Kier molecular flexibility index (Phi) is 3.29. The summed E-state index contributed by atoms with van der Waals surface area (Å²) in [5.74, 6) is 0.852. The Morgan fingerprint density at radius 1 is 1.47 bits per heavy atom. The molecule has 2 aromatic heterocycles. The summed E-state index contributed by atoms with van der Waals surface area (Å²) in [5.41, 5.74) is 2.50. The number of hydrogen-bond acceptors (Lipinski definition) is 4. The monoisotopic (exact) mass is 219 g/mol. The summed E-state index contributed by atoms with van der Waals surface area (Å²) in [6, 6.07) is 4.15. The summed E-state index contributed by atoms with van der Waals surface area (Å²) >= 11 is 1.73. The third-order valence-electron chi connectivity index (χ3n) is 2.09. The number of nitrogens with one attached hydrogen (secondary N) is 1. The highest BCUT2D eigenvalue weighted by atomic mass is 32.1. The molecule has 0 aliphatic carbocycles. The zero-order valence-corrected chi connectivity index (χ0v) is 9.42. The molecular weight excluding hydrogens is 206 g/mol. The fourth-order valence-corrected chi connectivity index (χ4v) is 2.02. The first-order chi connectivity index (χ1) is 7.34. The molecule has 2 heterocycles. The highest BCUT2D eigenvalue weighted by Gasteiger charge is 1.96. The van der Waals surface area contributed by atoms with Gasteiger partial charge in [0.25, 0.3) is 0 Å². The summed E-state index contributed by atoms with van der Waals surface area (Å²) in [6.07, 6.45) is 2.78.